The zero-order valence-corrected chi connectivity index (χ0v) is 13.0. The molecule has 0 aliphatic carbocycles. The van der Waals surface area contributed by atoms with Gasteiger partial charge in [-0.3, -0.25) is 4.90 Å². The van der Waals surface area contributed by atoms with E-state index in [1.165, 1.54) is 16.0 Å². The molecule has 2 heterocycles. The molecule has 2 N–H and O–H groups in total. The SMILES string of the molecule is NCC#Cc1ccsc1CN1CCc2ccccc2CC1. The van der Waals surface area contributed by atoms with E-state index in [0.717, 1.165) is 38.0 Å². The molecular weight excluding hydrogens is 276 g/mol. The number of rotatable bonds is 2. The Bertz CT molecular complexity index is 636. The number of thiophene rings is 1. The van der Waals surface area contributed by atoms with Crippen LogP contribution in [0.25, 0.3) is 0 Å². The Labute approximate surface area is 130 Å². The van der Waals surface area contributed by atoms with Gasteiger partial charge >= 0.3 is 0 Å². The van der Waals surface area contributed by atoms with Crippen LogP contribution in [-0.2, 0) is 19.4 Å². The van der Waals surface area contributed by atoms with Crippen LogP contribution in [0, 0.1) is 11.8 Å². The lowest BCUT2D eigenvalue weighted by molar-refractivity contribution is 0.281. The third-order valence-electron chi connectivity index (χ3n) is 3.95. The van der Waals surface area contributed by atoms with E-state index in [1.54, 1.807) is 11.3 Å². The van der Waals surface area contributed by atoms with Gasteiger partial charge in [-0.1, -0.05) is 36.1 Å². The van der Waals surface area contributed by atoms with Gasteiger partial charge in [0.15, 0.2) is 0 Å². The summed E-state index contributed by atoms with van der Waals surface area (Å²) in [4.78, 5) is 3.90. The van der Waals surface area contributed by atoms with Crippen LogP contribution in [-0.4, -0.2) is 24.5 Å². The van der Waals surface area contributed by atoms with E-state index in [-0.39, 0.29) is 0 Å². The second-order valence-corrected chi connectivity index (χ2v) is 6.31. The van der Waals surface area contributed by atoms with Crippen LogP contribution in [0.15, 0.2) is 35.7 Å². The van der Waals surface area contributed by atoms with Crippen LogP contribution in [0.2, 0.25) is 0 Å². The molecule has 2 nitrogen and oxygen atoms in total. The van der Waals surface area contributed by atoms with Crippen molar-refractivity contribution in [3.8, 4) is 11.8 Å². The molecule has 0 saturated heterocycles. The number of hydrogen-bond acceptors (Lipinski definition) is 3. The van der Waals surface area contributed by atoms with Crippen molar-refractivity contribution in [1.29, 1.82) is 0 Å². The highest BCUT2D eigenvalue weighted by Crippen LogP contribution is 2.21. The van der Waals surface area contributed by atoms with Crippen LogP contribution in [0.3, 0.4) is 0 Å². The van der Waals surface area contributed by atoms with Crippen LogP contribution in [0.1, 0.15) is 21.6 Å². The Kier molecular flexibility index (Phi) is 4.72. The molecule has 0 spiro atoms. The highest BCUT2D eigenvalue weighted by Gasteiger charge is 2.15. The fourth-order valence-electron chi connectivity index (χ4n) is 2.80. The van der Waals surface area contributed by atoms with Gasteiger partial charge < -0.3 is 5.73 Å². The molecule has 0 amide bonds. The van der Waals surface area contributed by atoms with Gasteiger partial charge in [0.2, 0.25) is 0 Å². The van der Waals surface area contributed by atoms with Gasteiger partial charge in [-0.05, 0) is 35.4 Å². The van der Waals surface area contributed by atoms with Gasteiger partial charge in [0, 0.05) is 30.1 Å². The minimum Gasteiger partial charge on any atom is -0.320 e. The number of hydrogen-bond donors (Lipinski definition) is 1. The second-order valence-electron chi connectivity index (χ2n) is 5.31. The van der Waals surface area contributed by atoms with E-state index in [1.807, 2.05) is 0 Å². The van der Waals surface area contributed by atoms with E-state index in [4.69, 9.17) is 5.73 Å². The summed E-state index contributed by atoms with van der Waals surface area (Å²) >= 11 is 1.80. The first-order valence-corrected chi connectivity index (χ1v) is 8.29. The maximum absolute atomic E-state index is 5.47. The smallest absolute Gasteiger partial charge is 0.0555 e. The molecule has 1 aromatic heterocycles. The van der Waals surface area contributed by atoms with Crippen molar-refractivity contribution in [3.63, 3.8) is 0 Å². The molecule has 3 heteroatoms. The molecule has 0 atom stereocenters. The molecule has 1 aliphatic heterocycles. The predicted octanol–water partition coefficient (Wildman–Crippen LogP) is 2.66. The van der Waals surface area contributed by atoms with E-state index in [0.29, 0.717) is 6.54 Å². The largest absolute Gasteiger partial charge is 0.320 e. The lowest BCUT2D eigenvalue weighted by Gasteiger charge is -2.19. The van der Waals surface area contributed by atoms with Crippen LogP contribution in [0.4, 0.5) is 0 Å². The molecule has 0 unspecified atom stereocenters. The topological polar surface area (TPSA) is 29.3 Å². The van der Waals surface area contributed by atoms with E-state index in [2.05, 4.69) is 52.5 Å². The average molecular weight is 296 g/mol. The Morgan fingerprint density at radius 1 is 1.10 bits per heavy atom. The molecule has 0 saturated carbocycles. The van der Waals surface area contributed by atoms with Crippen molar-refractivity contribution in [2.75, 3.05) is 19.6 Å². The molecule has 1 aromatic carbocycles. The fourth-order valence-corrected chi connectivity index (χ4v) is 3.67. The molecule has 3 rings (SSSR count). The van der Waals surface area contributed by atoms with E-state index in [9.17, 15) is 0 Å². The Morgan fingerprint density at radius 2 is 1.81 bits per heavy atom. The molecule has 0 bridgehead atoms. The Morgan fingerprint density at radius 3 is 2.48 bits per heavy atom. The molecular formula is C18H20N2S. The summed E-state index contributed by atoms with van der Waals surface area (Å²) in [6.07, 6.45) is 2.29. The first kappa shape index (κ1) is 14.3. The monoisotopic (exact) mass is 296 g/mol. The standard InChI is InChI=1S/C18H20N2S/c19-10-3-6-17-9-13-21-18(17)14-20-11-7-15-4-1-2-5-16(15)8-12-20/h1-2,4-5,9,13H,7-8,10-12,14,19H2. The first-order valence-electron chi connectivity index (χ1n) is 7.41. The fraction of sp³-hybridized carbons (Fsp3) is 0.333. The van der Waals surface area contributed by atoms with Gasteiger partial charge in [-0.25, -0.2) is 0 Å². The van der Waals surface area contributed by atoms with Crippen molar-refractivity contribution in [2.45, 2.75) is 19.4 Å². The van der Waals surface area contributed by atoms with Crippen LogP contribution in [0.5, 0.6) is 0 Å². The number of fused-ring (bicyclic) bond motifs is 1. The first-order chi connectivity index (χ1) is 10.4. The van der Waals surface area contributed by atoms with Gasteiger partial charge in [-0.15, -0.1) is 11.3 Å². The third kappa shape index (κ3) is 3.54. The molecule has 1 aliphatic rings. The summed E-state index contributed by atoms with van der Waals surface area (Å²) < 4.78 is 0. The Balaban J connectivity index is 1.69. The van der Waals surface area contributed by atoms with Crippen LogP contribution < -0.4 is 5.73 Å². The van der Waals surface area contributed by atoms with Gasteiger partial charge in [0.05, 0.1) is 6.54 Å². The molecule has 0 fully saturated rings. The zero-order valence-electron chi connectivity index (χ0n) is 12.1. The van der Waals surface area contributed by atoms with Crippen molar-refractivity contribution in [2.24, 2.45) is 5.73 Å². The molecule has 21 heavy (non-hydrogen) atoms. The predicted molar refractivity (Wildman–Crippen MR) is 89.4 cm³/mol. The number of benzene rings is 1. The summed E-state index contributed by atoms with van der Waals surface area (Å²) in [5.74, 6) is 6.14. The highest BCUT2D eigenvalue weighted by atomic mass is 32.1. The molecule has 108 valence electrons. The third-order valence-corrected chi connectivity index (χ3v) is 4.86. The van der Waals surface area contributed by atoms with Gasteiger partial charge in [-0.2, -0.15) is 0 Å². The quantitative estimate of drug-likeness (QED) is 0.863. The normalized spacial score (nSPS) is 14.9. The van der Waals surface area contributed by atoms with Crippen molar-refractivity contribution in [3.05, 3.63) is 57.3 Å². The number of nitrogens with two attached hydrogens (primary N) is 1. The second kappa shape index (κ2) is 6.91. The van der Waals surface area contributed by atoms with Gasteiger partial charge in [0.25, 0.3) is 0 Å². The number of nitrogens with zero attached hydrogens (tertiary/aromatic N) is 1. The highest BCUT2D eigenvalue weighted by molar-refractivity contribution is 7.10. The van der Waals surface area contributed by atoms with E-state index < -0.39 is 0 Å². The van der Waals surface area contributed by atoms with Gasteiger partial charge in [0.1, 0.15) is 0 Å². The summed E-state index contributed by atoms with van der Waals surface area (Å²) in [5.41, 5.74) is 9.63. The summed E-state index contributed by atoms with van der Waals surface area (Å²) in [6.45, 7) is 3.67. The molecule has 2 aromatic rings. The van der Waals surface area contributed by atoms with Crippen LogP contribution >= 0.6 is 11.3 Å². The van der Waals surface area contributed by atoms with Crippen molar-refractivity contribution in [1.82, 2.24) is 4.90 Å². The van der Waals surface area contributed by atoms with Crippen molar-refractivity contribution < 1.29 is 0 Å². The summed E-state index contributed by atoms with van der Waals surface area (Å²) in [7, 11) is 0. The maximum Gasteiger partial charge on any atom is 0.0555 e. The lowest BCUT2D eigenvalue weighted by Crippen LogP contribution is -2.25. The lowest BCUT2D eigenvalue weighted by atomic mass is 10.0. The maximum atomic E-state index is 5.47. The summed E-state index contributed by atoms with van der Waals surface area (Å²) in [6, 6.07) is 10.9. The molecule has 0 radical (unpaired) electrons. The van der Waals surface area contributed by atoms with E-state index >= 15 is 0 Å². The minimum atomic E-state index is 0.425. The summed E-state index contributed by atoms with van der Waals surface area (Å²) in [5, 5.41) is 2.13. The van der Waals surface area contributed by atoms with Crippen molar-refractivity contribution >= 4 is 11.3 Å². The average Bonchev–Trinajstić information content (AvgIpc) is 2.85. The minimum absolute atomic E-state index is 0.425. The zero-order chi connectivity index (χ0) is 14.5. The Hall–Kier alpha value is -1.60.